The number of oxazole rings is 1. The third kappa shape index (κ3) is 2.18. The highest BCUT2D eigenvalue weighted by molar-refractivity contribution is 9.10. The Morgan fingerprint density at radius 1 is 1.44 bits per heavy atom. The predicted molar refractivity (Wildman–Crippen MR) is 67.1 cm³/mol. The zero-order valence-corrected chi connectivity index (χ0v) is 10.6. The second kappa shape index (κ2) is 4.80. The van der Waals surface area contributed by atoms with Crippen molar-refractivity contribution in [1.29, 1.82) is 0 Å². The van der Waals surface area contributed by atoms with E-state index in [0.717, 1.165) is 21.4 Å². The van der Waals surface area contributed by atoms with Crippen LogP contribution in [0.4, 0.5) is 0 Å². The van der Waals surface area contributed by atoms with Crippen molar-refractivity contribution < 1.29 is 4.42 Å². The summed E-state index contributed by atoms with van der Waals surface area (Å²) in [5.41, 5.74) is 7.67. The van der Waals surface area contributed by atoms with E-state index >= 15 is 0 Å². The number of halogens is 1. The maximum atomic E-state index is 5.63. The van der Waals surface area contributed by atoms with Crippen LogP contribution in [0.2, 0.25) is 0 Å². The third-order valence-electron chi connectivity index (χ3n) is 2.44. The van der Waals surface area contributed by atoms with E-state index in [-0.39, 0.29) is 0 Å². The van der Waals surface area contributed by atoms with Gasteiger partial charge in [0.05, 0.1) is 6.20 Å². The number of rotatable bonds is 3. The minimum atomic E-state index is 0.553. The molecule has 2 rings (SSSR count). The molecule has 4 heteroatoms. The lowest BCUT2D eigenvalue weighted by Crippen LogP contribution is -2.02. The average Bonchev–Trinajstić information content (AvgIpc) is 2.71. The highest BCUT2D eigenvalue weighted by Crippen LogP contribution is 2.28. The summed E-state index contributed by atoms with van der Waals surface area (Å²) in [6.07, 6.45) is 2.42. The molecule has 1 heterocycles. The van der Waals surface area contributed by atoms with Crippen molar-refractivity contribution >= 4 is 15.9 Å². The summed E-state index contributed by atoms with van der Waals surface area (Å²) in [5, 5.41) is 0. The van der Waals surface area contributed by atoms with Crippen LogP contribution in [0.25, 0.3) is 11.3 Å². The van der Waals surface area contributed by atoms with Crippen molar-refractivity contribution in [3.8, 4) is 11.3 Å². The van der Waals surface area contributed by atoms with Gasteiger partial charge < -0.3 is 10.2 Å². The molecule has 0 saturated carbocycles. The molecule has 0 atom stereocenters. The highest BCUT2D eigenvalue weighted by atomic mass is 79.9. The van der Waals surface area contributed by atoms with E-state index in [4.69, 9.17) is 10.2 Å². The summed E-state index contributed by atoms with van der Waals surface area (Å²) in [6.45, 7) is 2.60. The van der Waals surface area contributed by atoms with E-state index in [0.29, 0.717) is 18.9 Å². The fourth-order valence-electron chi connectivity index (χ4n) is 1.55. The highest BCUT2D eigenvalue weighted by Gasteiger charge is 2.09. The van der Waals surface area contributed by atoms with Gasteiger partial charge in [0, 0.05) is 23.0 Å². The molecule has 2 aromatic rings. The molecular weight excluding hydrogens is 268 g/mol. The molecule has 3 nitrogen and oxygen atoms in total. The smallest absolute Gasteiger partial charge is 0.196 e. The van der Waals surface area contributed by atoms with Crippen LogP contribution in [0.5, 0.6) is 0 Å². The Balaban J connectivity index is 2.39. The molecule has 0 radical (unpaired) electrons. The first-order chi connectivity index (χ1) is 7.72. The zero-order chi connectivity index (χ0) is 11.5. The quantitative estimate of drug-likeness (QED) is 0.941. The molecule has 0 unspecified atom stereocenters. The first-order valence-corrected chi connectivity index (χ1v) is 5.92. The van der Waals surface area contributed by atoms with Crippen LogP contribution >= 0.6 is 15.9 Å². The number of benzene rings is 1. The van der Waals surface area contributed by atoms with Gasteiger partial charge in [0.2, 0.25) is 0 Å². The lowest BCUT2D eigenvalue weighted by atomic mass is 10.1. The van der Waals surface area contributed by atoms with Crippen molar-refractivity contribution in [2.45, 2.75) is 13.3 Å². The standard InChI is InChI=1S/C12H13BrN2O/c1-8-9(3-2-4-10(8)13)11-7-15-12(16-11)5-6-14/h2-4,7H,5-6,14H2,1H3. The van der Waals surface area contributed by atoms with Crippen molar-refractivity contribution in [2.75, 3.05) is 6.54 Å². The number of nitrogens with two attached hydrogens (primary N) is 1. The fraction of sp³-hybridized carbons (Fsp3) is 0.250. The average molecular weight is 281 g/mol. The topological polar surface area (TPSA) is 52.0 Å². The van der Waals surface area contributed by atoms with E-state index in [1.165, 1.54) is 0 Å². The van der Waals surface area contributed by atoms with Crippen LogP contribution in [0.15, 0.2) is 33.3 Å². The number of nitrogens with zero attached hydrogens (tertiary/aromatic N) is 1. The van der Waals surface area contributed by atoms with Gasteiger partial charge in [0.1, 0.15) is 0 Å². The minimum absolute atomic E-state index is 0.553. The Kier molecular flexibility index (Phi) is 3.41. The molecule has 16 heavy (non-hydrogen) atoms. The largest absolute Gasteiger partial charge is 0.441 e. The Hall–Kier alpha value is -1.13. The molecule has 84 valence electrons. The molecular formula is C12H13BrN2O. The van der Waals surface area contributed by atoms with Crippen molar-refractivity contribution in [3.63, 3.8) is 0 Å². The lowest BCUT2D eigenvalue weighted by molar-refractivity contribution is 0.507. The minimum Gasteiger partial charge on any atom is -0.441 e. The van der Waals surface area contributed by atoms with Gasteiger partial charge in [-0.1, -0.05) is 28.1 Å². The van der Waals surface area contributed by atoms with Gasteiger partial charge in [-0.15, -0.1) is 0 Å². The van der Waals surface area contributed by atoms with Crippen LogP contribution in [0.3, 0.4) is 0 Å². The summed E-state index contributed by atoms with van der Waals surface area (Å²) in [4.78, 5) is 4.19. The van der Waals surface area contributed by atoms with E-state index < -0.39 is 0 Å². The fourth-order valence-corrected chi connectivity index (χ4v) is 1.91. The Labute approximate surface area is 103 Å². The maximum Gasteiger partial charge on any atom is 0.196 e. The second-order valence-corrected chi connectivity index (χ2v) is 4.42. The van der Waals surface area contributed by atoms with E-state index in [9.17, 15) is 0 Å². The predicted octanol–water partition coefficient (Wildman–Crippen LogP) is 2.91. The molecule has 0 spiro atoms. The van der Waals surface area contributed by atoms with Gasteiger partial charge in [0.25, 0.3) is 0 Å². The van der Waals surface area contributed by atoms with E-state index in [1.807, 2.05) is 25.1 Å². The maximum absolute atomic E-state index is 5.63. The molecule has 0 aliphatic carbocycles. The molecule has 0 amide bonds. The van der Waals surface area contributed by atoms with Gasteiger partial charge in [-0.25, -0.2) is 4.98 Å². The van der Waals surface area contributed by atoms with Crippen LogP contribution < -0.4 is 5.73 Å². The van der Waals surface area contributed by atoms with Gasteiger partial charge >= 0.3 is 0 Å². The first kappa shape index (κ1) is 11.4. The summed E-state index contributed by atoms with van der Waals surface area (Å²) < 4.78 is 6.71. The molecule has 2 N–H and O–H groups in total. The Morgan fingerprint density at radius 3 is 3.00 bits per heavy atom. The normalized spacial score (nSPS) is 10.7. The monoisotopic (exact) mass is 280 g/mol. The van der Waals surface area contributed by atoms with Gasteiger partial charge in [-0.3, -0.25) is 0 Å². The Bertz CT molecular complexity index is 494. The second-order valence-electron chi connectivity index (χ2n) is 3.57. The molecule has 0 aliphatic rings. The molecule has 1 aromatic carbocycles. The van der Waals surface area contributed by atoms with E-state index in [2.05, 4.69) is 20.9 Å². The van der Waals surface area contributed by atoms with Gasteiger partial charge in [-0.2, -0.15) is 0 Å². The summed E-state index contributed by atoms with van der Waals surface area (Å²) in [5.74, 6) is 1.49. The molecule has 0 aliphatic heterocycles. The third-order valence-corrected chi connectivity index (χ3v) is 3.30. The van der Waals surface area contributed by atoms with Crippen molar-refractivity contribution in [2.24, 2.45) is 5.73 Å². The SMILES string of the molecule is Cc1c(Br)cccc1-c1cnc(CCN)o1. The number of hydrogen-bond acceptors (Lipinski definition) is 3. The zero-order valence-electron chi connectivity index (χ0n) is 9.03. The summed E-state index contributed by atoms with van der Waals surface area (Å²) in [7, 11) is 0. The van der Waals surface area contributed by atoms with Crippen molar-refractivity contribution in [3.05, 3.63) is 40.3 Å². The molecule has 0 bridgehead atoms. The van der Waals surface area contributed by atoms with Gasteiger partial charge in [-0.05, 0) is 18.6 Å². The lowest BCUT2D eigenvalue weighted by Gasteiger charge is -2.03. The molecule has 1 aromatic heterocycles. The molecule has 0 saturated heterocycles. The first-order valence-electron chi connectivity index (χ1n) is 5.12. The summed E-state index contributed by atoms with van der Waals surface area (Å²) >= 11 is 3.50. The van der Waals surface area contributed by atoms with E-state index in [1.54, 1.807) is 6.20 Å². The number of aromatic nitrogens is 1. The van der Waals surface area contributed by atoms with Crippen LogP contribution in [0.1, 0.15) is 11.5 Å². The van der Waals surface area contributed by atoms with Crippen LogP contribution in [-0.4, -0.2) is 11.5 Å². The number of hydrogen-bond donors (Lipinski definition) is 1. The molecule has 0 fully saturated rings. The Morgan fingerprint density at radius 2 is 2.25 bits per heavy atom. The van der Waals surface area contributed by atoms with Crippen LogP contribution in [-0.2, 0) is 6.42 Å². The summed E-state index contributed by atoms with van der Waals surface area (Å²) in [6, 6.07) is 6.01. The van der Waals surface area contributed by atoms with Crippen LogP contribution in [0, 0.1) is 6.92 Å². The van der Waals surface area contributed by atoms with Gasteiger partial charge in [0.15, 0.2) is 11.7 Å². The van der Waals surface area contributed by atoms with Crippen molar-refractivity contribution in [1.82, 2.24) is 4.98 Å².